The predicted molar refractivity (Wildman–Crippen MR) is 270 cm³/mol. The number of likely N-dealkylation sites (N-methyl/N-ethyl adjacent to an activating group) is 2. The van der Waals surface area contributed by atoms with E-state index in [2.05, 4.69) is 14.1 Å². The van der Waals surface area contributed by atoms with Gasteiger partial charge in [-0.3, -0.25) is 0 Å². The van der Waals surface area contributed by atoms with Gasteiger partial charge in [0.15, 0.2) is 46.0 Å². The number of rotatable bonds is 25. The number of ether oxygens (including phenoxy) is 13. The van der Waals surface area contributed by atoms with E-state index in [1.807, 2.05) is 42.5 Å². The highest BCUT2D eigenvalue weighted by atomic mass is 35.5. The fourth-order valence-electron chi connectivity index (χ4n) is 10.6. The van der Waals surface area contributed by atoms with Crippen LogP contribution in [0.3, 0.4) is 0 Å². The summed E-state index contributed by atoms with van der Waals surface area (Å²) < 4.78 is 76.0. The highest BCUT2D eigenvalue weighted by molar-refractivity contribution is 5.91. The smallest absolute Gasteiger partial charge is 0.331 e. The minimum Gasteiger partial charge on any atom is -1.00 e. The van der Waals surface area contributed by atoms with Crippen LogP contribution in [-0.2, 0) is 44.7 Å². The molecule has 0 aromatic heterocycles. The van der Waals surface area contributed by atoms with Crippen LogP contribution >= 0.6 is 0 Å². The van der Waals surface area contributed by atoms with Crippen molar-refractivity contribution in [3.8, 4) is 63.2 Å². The molecule has 2 aliphatic heterocycles. The van der Waals surface area contributed by atoms with Gasteiger partial charge in [-0.05, 0) is 58.7 Å². The number of fused-ring (bicyclic) bond motifs is 2. The molecule has 4 aromatic rings. The lowest BCUT2D eigenvalue weighted by Gasteiger charge is -2.46. The summed E-state index contributed by atoms with van der Waals surface area (Å²) in [6, 6.07) is 13.8. The van der Waals surface area contributed by atoms with Crippen molar-refractivity contribution >= 4 is 11.9 Å². The summed E-state index contributed by atoms with van der Waals surface area (Å²) >= 11 is 0. The van der Waals surface area contributed by atoms with Crippen molar-refractivity contribution in [2.75, 3.05) is 132 Å². The first-order chi connectivity index (χ1) is 34.7. The van der Waals surface area contributed by atoms with Crippen molar-refractivity contribution in [3.05, 3.63) is 88.0 Å². The molecule has 2 aliphatic rings. The van der Waals surface area contributed by atoms with Gasteiger partial charge in [-0.25, -0.2) is 9.59 Å². The number of hydrogen-bond acceptors (Lipinski definition) is 15. The highest BCUT2D eigenvalue weighted by Crippen LogP contribution is 2.52. The maximum absolute atomic E-state index is 13.0. The maximum Gasteiger partial charge on any atom is 0.331 e. The molecule has 0 radical (unpaired) electrons. The molecule has 0 amide bonds. The second kappa shape index (κ2) is 27.4. The van der Waals surface area contributed by atoms with Crippen molar-refractivity contribution in [3.63, 3.8) is 0 Å². The van der Waals surface area contributed by atoms with E-state index in [1.54, 1.807) is 78.2 Å². The van der Waals surface area contributed by atoms with E-state index in [0.29, 0.717) is 111 Å². The van der Waals surface area contributed by atoms with E-state index in [4.69, 9.17) is 61.6 Å². The van der Waals surface area contributed by atoms with Gasteiger partial charge in [0.2, 0.25) is 17.2 Å². The number of hydrogen-bond donors (Lipinski definition) is 0. The van der Waals surface area contributed by atoms with Crippen LogP contribution in [0.1, 0.15) is 58.3 Å². The zero-order valence-corrected chi connectivity index (χ0v) is 46.6. The maximum atomic E-state index is 13.0. The third-order valence-electron chi connectivity index (χ3n) is 14.4. The van der Waals surface area contributed by atoms with Crippen LogP contribution in [0.15, 0.2) is 54.6 Å². The van der Waals surface area contributed by atoms with E-state index < -0.39 is 11.9 Å². The zero-order chi connectivity index (χ0) is 52.2. The fraction of sp³-hybridized carbons (Fsp3) is 0.491. The van der Waals surface area contributed by atoms with Crippen LogP contribution < -0.4 is 76.9 Å². The molecule has 0 bridgehead atoms. The predicted octanol–water partition coefficient (Wildman–Crippen LogP) is 1.49. The molecule has 4 aromatic carbocycles. The number of carbonyl (C=O) groups is 2. The summed E-state index contributed by atoms with van der Waals surface area (Å²) in [6.45, 7) is 3.27. The van der Waals surface area contributed by atoms with Crippen molar-refractivity contribution < 1.29 is 105 Å². The van der Waals surface area contributed by atoms with Crippen molar-refractivity contribution in [1.82, 2.24) is 0 Å². The van der Waals surface area contributed by atoms with E-state index in [-0.39, 0.29) is 50.1 Å². The molecule has 0 saturated heterocycles. The summed E-state index contributed by atoms with van der Waals surface area (Å²) in [5, 5.41) is 0. The molecule has 6 rings (SSSR count). The number of halogens is 2. The molecule has 19 heteroatoms. The van der Waals surface area contributed by atoms with Crippen LogP contribution in [-0.4, -0.2) is 153 Å². The number of benzene rings is 4. The van der Waals surface area contributed by atoms with Crippen LogP contribution in [0.25, 0.3) is 0 Å². The number of methoxy groups -OCH3 is 11. The first kappa shape index (κ1) is 60.4. The molecule has 0 N–H and O–H groups in total. The SMILES string of the molecule is COc1ccc(CC2c3c(cc(OC)c(OC)c3OC)CC[N+]2(C)CCCOC(=O)/C=C/C(=O)OCCC[N+]2(C)CCc3cc(OC)c(OC)c(OC)c3C2Cc2cc(OC)c(OC)c(OC)c2)cc1OC.[Cl-].[Cl-]. The van der Waals surface area contributed by atoms with E-state index >= 15 is 0 Å². The van der Waals surface area contributed by atoms with E-state index in [1.165, 1.54) is 0 Å². The Hall–Kier alpha value is -6.14. The molecule has 0 aliphatic carbocycles. The fourth-order valence-corrected chi connectivity index (χ4v) is 10.6. The quantitative estimate of drug-likeness (QED) is 0.0408. The van der Waals surface area contributed by atoms with Crippen LogP contribution in [0.4, 0.5) is 0 Å². The molecule has 408 valence electrons. The summed E-state index contributed by atoms with van der Waals surface area (Å²) in [6.07, 6.45) is 6.14. The summed E-state index contributed by atoms with van der Waals surface area (Å²) in [7, 11) is 22.2. The molecule has 2 heterocycles. The van der Waals surface area contributed by atoms with E-state index in [9.17, 15) is 9.59 Å². The minimum absolute atomic E-state index is 0. The summed E-state index contributed by atoms with van der Waals surface area (Å²) in [5.41, 5.74) is 6.33. The Labute approximate surface area is 448 Å². The Morgan fingerprint density at radius 2 is 0.824 bits per heavy atom. The van der Waals surface area contributed by atoms with Gasteiger partial charge in [-0.2, -0.15) is 0 Å². The Balaban J connectivity index is 0.00000593. The van der Waals surface area contributed by atoms with E-state index in [0.717, 1.165) is 71.5 Å². The highest BCUT2D eigenvalue weighted by Gasteiger charge is 2.44. The average Bonchev–Trinajstić information content (AvgIpc) is 3.40. The van der Waals surface area contributed by atoms with Crippen LogP contribution in [0.2, 0.25) is 0 Å². The Morgan fingerprint density at radius 3 is 1.20 bits per heavy atom. The van der Waals surface area contributed by atoms with Crippen molar-refractivity contribution in [2.24, 2.45) is 0 Å². The van der Waals surface area contributed by atoms with Crippen LogP contribution in [0, 0.1) is 0 Å². The monoisotopic (exact) mass is 1070 g/mol. The average molecular weight is 1070 g/mol. The lowest BCUT2D eigenvalue weighted by atomic mass is 9.85. The topological polar surface area (TPSA) is 154 Å². The first-order valence-corrected chi connectivity index (χ1v) is 24.1. The molecule has 0 saturated carbocycles. The number of nitrogens with zero attached hydrogens (tertiary/aromatic N) is 2. The second-order valence-electron chi connectivity index (χ2n) is 18.3. The van der Waals surface area contributed by atoms with Gasteiger partial charge >= 0.3 is 11.9 Å². The Morgan fingerprint density at radius 1 is 0.459 bits per heavy atom. The minimum atomic E-state index is -0.630. The zero-order valence-electron chi connectivity index (χ0n) is 45.1. The molecular formula is C55H74Cl2N2O15. The number of quaternary nitrogens is 2. The molecule has 74 heavy (non-hydrogen) atoms. The third-order valence-corrected chi connectivity index (χ3v) is 14.4. The standard InChI is InChI=1S/C55H74N2O15.2ClH/c1-56(24-20-37-33-45(64-7)52(67-10)54(69-12)49(37)39(56)28-35-16-17-41(60-3)42(30-35)61-4)22-14-26-71-47(58)18-19-48(59)72-27-15-23-57(2)25-21-38-34-46(65-8)53(68-11)55(70-13)50(38)40(57)29-36-31-43(62-5)51(66-9)44(32-36)63-6;;/h16-19,30-34,39-40H,14-15,20-29H2,1-13H3;2*1H/q+2;;/p-2/b19-18+;;. The second-order valence-corrected chi connectivity index (χ2v) is 18.3. The van der Waals surface area contributed by atoms with Gasteiger partial charge in [0.1, 0.15) is 12.1 Å². The van der Waals surface area contributed by atoms with Gasteiger partial charge in [-0.1, -0.05) is 6.07 Å². The Bertz CT molecular complexity index is 2550. The van der Waals surface area contributed by atoms with Gasteiger partial charge in [0.25, 0.3) is 0 Å². The van der Waals surface area contributed by atoms with Crippen molar-refractivity contribution in [1.29, 1.82) is 0 Å². The van der Waals surface area contributed by atoms with Crippen LogP contribution in [0.5, 0.6) is 63.2 Å². The molecule has 17 nitrogen and oxygen atoms in total. The normalized spacial score (nSPS) is 18.5. The van der Waals surface area contributed by atoms with Gasteiger partial charge in [-0.15, -0.1) is 0 Å². The van der Waals surface area contributed by atoms with Gasteiger partial charge in [0.05, 0.1) is 143 Å². The molecule has 0 fully saturated rings. The van der Waals surface area contributed by atoms with Gasteiger partial charge in [0, 0.05) is 50.7 Å². The molecule has 0 spiro atoms. The lowest BCUT2D eigenvalue weighted by molar-refractivity contribution is -0.941. The summed E-state index contributed by atoms with van der Waals surface area (Å²) in [4.78, 5) is 25.9. The number of carbonyl (C=O) groups excluding carboxylic acids is 2. The third kappa shape index (κ3) is 13.0. The van der Waals surface area contributed by atoms with Gasteiger partial charge < -0.3 is 95.4 Å². The molecular weight excluding hydrogens is 1000 g/mol. The molecule has 4 unspecified atom stereocenters. The number of esters is 2. The Kier molecular flexibility index (Phi) is 22.4. The van der Waals surface area contributed by atoms with Crippen molar-refractivity contribution in [2.45, 2.75) is 50.6 Å². The lowest BCUT2D eigenvalue weighted by Crippen LogP contribution is -3.00. The summed E-state index contributed by atoms with van der Waals surface area (Å²) in [5.74, 6) is 5.18. The molecule has 4 atom stereocenters. The first-order valence-electron chi connectivity index (χ1n) is 24.1. The largest absolute Gasteiger partial charge is 1.00 e.